The van der Waals surface area contributed by atoms with Gasteiger partial charge in [-0.15, -0.1) is 10.2 Å². The Kier molecular flexibility index (Phi) is 5.89. The van der Waals surface area contributed by atoms with Gasteiger partial charge in [-0.2, -0.15) is 0 Å². The second kappa shape index (κ2) is 8.32. The minimum atomic E-state index is -0.222. The maximum Gasteiger partial charge on any atom is 0.192 e. The molecule has 1 atom stereocenters. The molecule has 4 nitrogen and oxygen atoms in total. The van der Waals surface area contributed by atoms with E-state index in [1.807, 2.05) is 56.3 Å². The van der Waals surface area contributed by atoms with Crippen molar-refractivity contribution in [3.63, 3.8) is 0 Å². The molecule has 0 N–H and O–H groups in total. The predicted molar refractivity (Wildman–Crippen MR) is 106 cm³/mol. The summed E-state index contributed by atoms with van der Waals surface area (Å²) in [7, 11) is 0. The molecule has 1 aromatic heterocycles. The van der Waals surface area contributed by atoms with Crippen LogP contribution < -0.4 is 0 Å². The van der Waals surface area contributed by atoms with E-state index in [0.717, 1.165) is 23.0 Å². The van der Waals surface area contributed by atoms with Crippen LogP contribution in [0.15, 0.2) is 59.8 Å². The van der Waals surface area contributed by atoms with Crippen molar-refractivity contribution in [2.75, 3.05) is 0 Å². The van der Waals surface area contributed by atoms with Gasteiger partial charge in [0.15, 0.2) is 10.9 Å². The van der Waals surface area contributed by atoms with E-state index in [1.165, 1.54) is 22.9 Å². The molecule has 134 valence electrons. The maximum absolute atomic E-state index is 12.7. The zero-order valence-corrected chi connectivity index (χ0v) is 16.2. The third kappa shape index (κ3) is 4.22. The van der Waals surface area contributed by atoms with Gasteiger partial charge in [-0.3, -0.25) is 4.79 Å². The highest BCUT2D eigenvalue weighted by Crippen LogP contribution is 2.25. The van der Waals surface area contributed by atoms with E-state index in [0.29, 0.717) is 6.54 Å². The number of nitrogens with zero attached hydrogens (tertiary/aromatic N) is 3. The van der Waals surface area contributed by atoms with E-state index < -0.39 is 0 Å². The molecule has 0 aliphatic rings. The molecule has 2 aromatic carbocycles. The van der Waals surface area contributed by atoms with E-state index in [2.05, 4.69) is 33.8 Å². The summed E-state index contributed by atoms with van der Waals surface area (Å²) in [5, 5.41) is 9.03. The molecule has 0 spiro atoms. The van der Waals surface area contributed by atoms with Gasteiger partial charge in [0.2, 0.25) is 0 Å². The fraction of sp³-hybridized carbons (Fsp3) is 0.286. The topological polar surface area (TPSA) is 47.8 Å². The molecular weight excluding hydrogens is 342 g/mol. The molecule has 0 saturated carbocycles. The van der Waals surface area contributed by atoms with E-state index in [1.54, 1.807) is 0 Å². The van der Waals surface area contributed by atoms with Gasteiger partial charge in [0.25, 0.3) is 0 Å². The van der Waals surface area contributed by atoms with Crippen molar-refractivity contribution in [1.29, 1.82) is 0 Å². The minimum absolute atomic E-state index is 0.115. The first-order valence-corrected chi connectivity index (χ1v) is 9.70. The Morgan fingerprint density at radius 1 is 1.04 bits per heavy atom. The molecule has 0 bridgehead atoms. The van der Waals surface area contributed by atoms with Crippen LogP contribution in [0.1, 0.15) is 41.2 Å². The highest BCUT2D eigenvalue weighted by molar-refractivity contribution is 8.00. The zero-order valence-electron chi connectivity index (χ0n) is 15.3. The molecular formula is C21H23N3OS. The molecule has 0 aliphatic heterocycles. The van der Waals surface area contributed by atoms with Gasteiger partial charge in [-0.1, -0.05) is 73.3 Å². The first-order valence-electron chi connectivity index (χ1n) is 8.82. The van der Waals surface area contributed by atoms with E-state index >= 15 is 0 Å². The van der Waals surface area contributed by atoms with Crippen molar-refractivity contribution in [2.45, 2.75) is 44.1 Å². The van der Waals surface area contributed by atoms with Crippen molar-refractivity contribution in [3.8, 4) is 0 Å². The third-order valence-electron chi connectivity index (χ3n) is 4.38. The van der Waals surface area contributed by atoms with Crippen molar-refractivity contribution in [2.24, 2.45) is 0 Å². The summed E-state index contributed by atoms with van der Waals surface area (Å²) in [6.07, 6.45) is 0.973. The van der Waals surface area contributed by atoms with Gasteiger partial charge in [0.1, 0.15) is 5.82 Å². The lowest BCUT2D eigenvalue weighted by molar-refractivity contribution is 0.0994. The minimum Gasteiger partial charge on any atom is -0.302 e. The number of aromatic nitrogens is 3. The van der Waals surface area contributed by atoms with Crippen molar-refractivity contribution in [3.05, 3.63) is 77.1 Å². The number of hydrogen-bond acceptors (Lipinski definition) is 4. The van der Waals surface area contributed by atoms with E-state index in [-0.39, 0.29) is 11.0 Å². The maximum atomic E-state index is 12.7. The number of hydrogen-bond donors (Lipinski definition) is 0. The molecule has 3 rings (SSSR count). The first-order chi connectivity index (χ1) is 12.6. The summed E-state index contributed by atoms with van der Waals surface area (Å²) in [5.41, 5.74) is 3.17. The summed E-state index contributed by atoms with van der Waals surface area (Å²) in [6, 6.07) is 18.1. The number of aryl methyl sites for hydroxylation is 2. The number of thioether (sulfide) groups is 1. The van der Waals surface area contributed by atoms with Crippen LogP contribution >= 0.6 is 11.8 Å². The fourth-order valence-corrected chi connectivity index (χ4v) is 3.72. The summed E-state index contributed by atoms with van der Waals surface area (Å²) in [4.78, 5) is 12.7. The van der Waals surface area contributed by atoms with E-state index in [4.69, 9.17) is 0 Å². The number of carbonyl (C=O) groups is 1. The Morgan fingerprint density at radius 2 is 1.73 bits per heavy atom. The molecule has 0 amide bonds. The highest BCUT2D eigenvalue weighted by atomic mass is 32.2. The van der Waals surface area contributed by atoms with Crippen LogP contribution in [-0.2, 0) is 13.0 Å². The lowest BCUT2D eigenvalue weighted by Gasteiger charge is -2.12. The van der Waals surface area contributed by atoms with Crippen LogP contribution in [-0.4, -0.2) is 25.8 Å². The number of benzene rings is 2. The summed E-state index contributed by atoms with van der Waals surface area (Å²) in [5.74, 6) is 0.966. The Hall–Kier alpha value is -2.40. The zero-order chi connectivity index (χ0) is 18.5. The van der Waals surface area contributed by atoms with Gasteiger partial charge in [-0.25, -0.2) is 0 Å². The van der Waals surface area contributed by atoms with Gasteiger partial charge in [-0.05, 0) is 31.4 Å². The monoisotopic (exact) mass is 365 g/mol. The molecule has 0 aliphatic carbocycles. The Morgan fingerprint density at radius 3 is 2.38 bits per heavy atom. The molecule has 0 radical (unpaired) electrons. The summed E-state index contributed by atoms with van der Waals surface area (Å²) in [6.45, 7) is 6.68. The largest absolute Gasteiger partial charge is 0.302 e. The number of ketones is 1. The van der Waals surface area contributed by atoms with Crippen molar-refractivity contribution < 1.29 is 4.79 Å². The SMILES string of the molecule is CCc1ccc(C(=O)C(C)Sc2nnc(C)n2Cc2ccccc2)cc1. The van der Waals surface area contributed by atoms with Crippen molar-refractivity contribution in [1.82, 2.24) is 14.8 Å². The van der Waals surface area contributed by atoms with Gasteiger partial charge in [0, 0.05) is 5.56 Å². The number of rotatable bonds is 7. The first kappa shape index (κ1) is 18.4. The van der Waals surface area contributed by atoms with Crippen LogP contribution in [0.25, 0.3) is 0 Å². The van der Waals surface area contributed by atoms with Crippen LogP contribution in [0.2, 0.25) is 0 Å². The average molecular weight is 366 g/mol. The van der Waals surface area contributed by atoms with Crippen molar-refractivity contribution >= 4 is 17.5 Å². The van der Waals surface area contributed by atoms with E-state index in [9.17, 15) is 4.79 Å². The number of Topliss-reactive ketones (excluding diaryl/α,β-unsaturated/α-hetero) is 1. The van der Waals surface area contributed by atoms with Crippen LogP contribution in [0.3, 0.4) is 0 Å². The third-order valence-corrected chi connectivity index (χ3v) is 5.46. The fourth-order valence-electron chi connectivity index (χ4n) is 2.75. The highest BCUT2D eigenvalue weighted by Gasteiger charge is 2.20. The second-order valence-corrected chi connectivity index (χ2v) is 7.58. The second-order valence-electron chi connectivity index (χ2n) is 6.28. The van der Waals surface area contributed by atoms with Gasteiger partial charge in [0.05, 0.1) is 11.8 Å². The molecule has 3 aromatic rings. The molecule has 0 fully saturated rings. The summed E-state index contributed by atoms with van der Waals surface area (Å²) < 4.78 is 2.06. The lowest BCUT2D eigenvalue weighted by Crippen LogP contribution is -2.15. The van der Waals surface area contributed by atoms with Crippen LogP contribution in [0.4, 0.5) is 0 Å². The average Bonchev–Trinajstić information content (AvgIpc) is 3.01. The normalized spacial score (nSPS) is 12.1. The number of carbonyl (C=O) groups excluding carboxylic acids is 1. The lowest BCUT2D eigenvalue weighted by atomic mass is 10.1. The van der Waals surface area contributed by atoms with Crippen LogP contribution in [0.5, 0.6) is 0 Å². The Labute approximate surface area is 158 Å². The Balaban J connectivity index is 1.74. The molecule has 1 heterocycles. The van der Waals surface area contributed by atoms with Crippen LogP contribution in [0, 0.1) is 6.92 Å². The molecule has 5 heteroatoms. The predicted octanol–water partition coefficient (Wildman–Crippen LogP) is 4.56. The summed E-state index contributed by atoms with van der Waals surface area (Å²) >= 11 is 1.46. The standard InChI is InChI=1S/C21H23N3OS/c1-4-17-10-12-19(13-11-17)20(25)15(2)26-21-23-22-16(3)24(21)14-18-8-6-5-7-9-18/h5-13,15H,4,14H2,1-3H3. The molecule has 26 heavy (non-hydrogen) atoms. The smallest absolute Gasteiger partial charge is 0.192 e. The quantitative estimate of drug-likeness (QED) is 0.455. The van der Waals surface area contributed by atoms with Gasteiger partial charge < -0.3 is 4.57 Å². The Bertz CT molecular complexity index is 872. The van der Waals surface area contributed by atoms with Gasteiger partial charge >= 0.3 is 0 Å². The molecule has 0 saturated heterocycles. The molecule has 1 unspecified atom stereocenters.